The number of carbonyl (C=O) groups excluding carboxylic acids is 1. The summed E-state index contributed by atoms with van der Waals surface area (Å²) < 4.78 is 1.04. The van der Waals surface area contributed by atoms with Crippen LogP contribution < -0.4 is 5.73 Å². The molecule has 3 nitrogen and oxygen atoms in total. The topological polar surface area (TPSA) is 46.3 Å². The number of rotatable bonds is 5. The third kappa shape index (κ3) is 4.16. The molecule has 1 amide bonds. The summed E-state index contributed by atoms with van der Waals surface area (Å²) in [6, 6.07) is 15.7. The molecular weight excluding hydrogens is 328 g/mol. The second-order valence-electron chi connectivity index (χ2n) is 4.98. The Morgan fingerprint density at radius 3 is 2.48 bits per heavy atom. The van der Waals surface area contributed by atoms with Gasteiger partial charge in [-0.15, -0.1) is 0 Å². The zero-order valence-electron chi connectivity index (χ0n) is 12.1. The molecule has 2 N–H and O–H groups in total. The molecule has 2 rings (SSSR count). The number of nitrogens with zero attached hydrogens (tertiary/aromatic N) is 1. The number of halogens is 1. The van der Waals surface area contributed by atoms with E-state index in [0.29, 0.717) is 19.5 Å². The van der Waals surface area contributed by atoms with Crippen molar-refractivity contribution in [3.63, 3.8) is 0 Å². The van der Waals surface area contributed by atoms with Crippen molar-refractivity contribution >= 4 is 21.8 Å². The van der Waals surface area contributed by atoms with Crippen LogP contribution in [-0.2, 0) is 13.0 Å². The minimum Gasteiger partial charge on any atom is -0.337 e. The van der Waals surface area contributed by atoms with Gasteiger partial charge in [-0.3, -0.25) is 4.79 Å². The van der Waals surface area contributed by atoms with E-state index in [2.05, 4.69) is 15.9 Å². The van der Waals surface area contributed by atoms with Crippen molar-refractivity contribution < 1.29 is 4.79 Å². The van der Waals surface area contributed by atoms with Gasteiger partial charge in [-0.2, -0.15) is 0 Å². The molecule has 2 aromatic rings. The average molecular weight is 347 g/mol. The SMILES string of the molecule is CN(Cc1ccc(Br)cc1)C(=O)c1ccccc1CCN. The number of hydrogen-bond donors (Lipinski definition) is 1. The van der Waals surface area contributed by atoms with E-state index >= 15 is 0 Å². The summed E-state index contributed by atoms with van der Waals surface area (Å²) in [7, 11) is 1.82. The van der Waals surface area contributed by atoms with Crippen molar-refractivity contribution in [2.45, 2.75) is 13.0 Å². The molecule has 0 aliphatic heterocycles. The van der Waals surface area contributed by atoms with Gasteiger partial charge in [0.2, 0.25) is 0 Å². The lowest BCUT2D eigenvalue weighted by molar-refractivity contribution is 0.0784. The molecule has 21 heavy (non-hydrogen) atoms. The highest BCUT2D eigenvalue weighted by atomic mass is 79.9. The molecule has 0 atom stereocenters. The lowest BCUT2D eigenvalue weighted by Gasteiger charge is -2.19. The van der Waals surface area contributed by atoms with Gasteiger partial charge in [0.05, 0.1) is 0 Å². The fraction of sp³-hybridized carbons (Fsp3) is 0.235. The maximum Gasteiger partial charge on any atom is 0.254 e. The van der Waals surface area contributed by atoms with Gasteiger partial charge in [0.1, 0.15) is 0 Å². The first-order valence-corrected chi connectivity index (χ1v) is 7.69. The van der Waals surface area contributed by atoms with Crippen molar-refractivity contribution in [2.24, 2.45) is 5.73 Å². The predicted octanol–water partition coefficient (Wildman–Crippen LogP) is 3.22. The van der Waals surface area contributed by atoms with E-state index in [1.807, 2.05) is 55.6 Å². The Bertz CT molecular complexity index is 610. The fourth-order valence-electron chi connectivity index (χ4n) is 2.24. The Kier molecular flexibility index (Phi) is 5.53. The zero-order chi connectivity index (χ0) is 15.2. The van der Waals surface area contributed by atoms with Gasteiger partial charge in [0, 0.05) is 23.6 Å². The summed E-state index contributed by atoms with van der Waals surface area (Å²) >= 11 is 3.41. The van der Waals surface area contributed by atoms with Gasteiger partial charge < -0.3 is 10.6 Å². The average Bonchev–Trinajstić information content (AvgIpc) is 2.50. The summed E-state index contributed by atoms with van der Waals surface area (Å²) in [5, 5.41) is 0. The van der Waals surface area contributed by atoms with Crippen molar-refractivity contribution in [2.75, 3.05) is 13.6 Å². The second kappa shape index (κ2) is 7.38. The van der Waals surface area contributed by atoms with Crippen LogP contribution in [0.3, 0.4) is 0 Å². The molecule has 110 valence electrons. The van der Waals surface area contributed by atoms with Crippen molar-refractivity contribution in [1.82, 2.24) is 4.90 Å². The van der Waals surface area contributed by atoms with E-state index in [9.17, 15) is 4.79 Å². The fourth-order valence-corrected chi connectivity index (χ4v) is 2.51. The smallest absolute Gasteiger partial charge is 0.254 e. The van der Waals surface area contributed by atoms with Crippen LogP contribution >= 0.6 is 15.9 Å². The number of amides is 1. The van der Waals surface area contributed by atoms with Crippen LogP contribution in [0, 0.1) is 0 Å². The summed E-state index contributed by atoms with van der Waals surface area (Å²) in [6.45, 7) is 1.13. The highest BCUT2D eigenvalue weighted by Crippen LogP contribution is 2.15. The Morgan fingerprint density at radius 1 is 1.14 bits per heavy atom. The van der Waals surface area contributed by atoms with E-state index in [-0.39, 0.29) is 5.91 Å². The van der Waals surface area contributed by atoms with E-state index < -0.39 is 0 Å². The Balaban J connectivity index is 2.13. The molecule has 0 aromatic heterocycles. The first-order valence-electron chi connectivity index (χ1n) is 6.89. The molecule has 0 aliphatic rings. The maximum atomic E-state index is 12.6. The normalized spacial score (nSPS) is 10.4. The quantitative estimate of drug-likeness (QED) is 0.903. The molecular formula is C17H19BrN2O. The molecule has 0 spiro atoms. The van der Waals surface area contributed by atoms with Crippen LogP contribution in [0.2, 0.25) is 0 Å². The minimum atomic E-state index is 0.0296. The maximum absolute atomic E-state index is 12.6. The van der Waals surface area contributed by atoms with Gasteiger partial charge in [-0.05, 0) is 42.3 Å². The highest BCUT2D eigenvalue weighted by molar-refractivity contribution is 9.10. The molecule has 0 bridgehead atoms. The van der Waals surface area contributed by atoms with Gasteiger partial charge in [0.25, 0.3) is 5.91 Å². The lowest BCUT2D eigenvalue weighted by atomic mass is 10.0. The van der Waals surface area contributed by atoms with Gasteiger partial charge in [-0.25, -0.2) is 0 Å². The van der Waals surface area contributed by atoms with E-state index in [4.69, 9.17) is 5.73 Å². The standard InChI is InChI=1S/C17H19BrN2O/c1-20(12-13-6-8-15(18)9-7-13)17(21)16-5-3-2-4-14(16)10-11-19/h2-9H,10-12,19H2,1H3. The summed E-state index contributed by atoms with van der Waals surface area (Å²) in [5.41, 5.74) is 8.46. The third-order valence-electron chi connectivity index (χ3n) is 3.34. The van der Waals surface area contributed by atoms with Gasteiger partial charge in [0.15, 0.2) is 0 Å². The zero-order valence-corrected chi connectivity index (χ0v) is 13.6. The Morgan fingerprint density at radius 2 is 1.81 bits per heavy atom. The van der Waals surface area contributed by atoms with E-state index in [1.165, 1.54) is 0 Å². The summed E-state index contributed by atoms with van der Waals surface area (Å²) in [6.07, 6.45) is 0.716. The first-order chi connectivity index (χ1) is 10.1. The van der Waals surface area contributed by atoms with Crippen LogP contribution in [0.15, 0.2) is 53.0 Å². The number of hydrogen-bond acceptors (Lipinski definition) is 2. The molecule has 4 heteroatoms. The molecule has 0 saturated carbocycles. The molecule has 0 heterocycles. The van der Waals surface area contributed by atoms with E-state index in [0.717, 1.165) is 21.2 Å². The van der Waals surface area contributed by atoms with Crippen LogP contribution in [0.4, 0.5) is 0 Å². The largest absolute Gasteiger partial charge is 0.337 e. The van der Waals surface area contributed by atoms with Crippen LogP contribution in [-0.4, -0.2) is 24.4 Å². The number of nitrogens with two attached hydrogens (primary N) is 1. The van der Waals surface area contributed by atoms with E-state index in [1.54, 1.807) is 4.90 Å². The van der Waals surface area contributed by atoms with Crippen LogP contribution in [0.25, 0.3) is 0 Å². The van der Waals surface area contributed by atoms with Crippen molar-refractivity contribution in [3.05, 3.63) is 69.7 Å². The lowest BCUT2D eigenvalue weighted by Crippen LogP contribution is -2.27. The molecule has 0 unspecified atom stereocenters. The van der Waals surface area contributed by atoms with Gasteiger partial charge in [-0.1, -0.05) is 46.3 Å². The van der Waals surface area contributed by atoms with Crippen molar-refractivity contribution in [3.8, 4) is 0 Å². The number of carbonyl (C=O) groups is 1. The Labute approximate surface area is 133 Å². The molecule has 0 saturated heterocycles. The number of benzene rings is 2. The molecule has 2 aromatic carbocycles. The van der Waals surface area contributed by atoms with Crippen LogP contribution in [0.5, 0.6) is 0 Å². The van der Waals surface area contributed by atoms with Crippen LogP contribution in [0.1, 0.15) is 21.5 Å². The summed E-state index contributed by atoms with van der Waals surface area (Å²) in [5.74, 6) is 0.0296. The highest BCUT2D eigenvalue weighted by Gasteiger charge is 2.15. The van der Waals surface area contributed by atoms with Gasteiger partial charge >= 0.3 is 0 Å². The summed E-state index contributed by atoms with van der Waals surface area (Å²) in [4.78, 5) is 14.3. The monoisotopic (exact) mass is 346 g/mol. The van der Waals surface area contributed by atoms with Crippen molar-refractivity contribution in [1.29, 1.82) is 0 Å². The second-order valence-corrected chi connectivity index (χ2v) is 5.90. The molecule has 0 radical (unpaired) electrons. The molecule has 0 fully saturated rings. The molecule has 0 aliphatic carbocycles. The minimum absolute atomic E-state index is 0.0296. The predicted molar refractivity (Wildman–Crippen MR) is 89.1 cm³/mol. The first kappa shape index (κ1) is 15.7. The Hall–Kier alpha value is -1.65. The third-order valence-corrected chi connectivity index (χ3v) is 3.87.